The van der Waals surface area contributed by atoms with Crippen LogP contribution in [0.1, 0.15) is 66.4 Å². The Bertz CT molecular complexity index is 1570. The topological polar surface area (TPSA) is 114 Å². The minimum atomic E-state index is -4.76. The van der Waals surface area contributed by atoms with Crippen molar-refractivity contribution in [2.45, 2.75) is 67.8 Å². The molecule has 2 heterocycles. The molecule has 43 heavy (non-hydrogen) atoms. The van der Waals surface area contributed by atoms with E-state index in [0.717, 1.165) is 32.1 Å². The first kappa shape index (κ1) is 30.6. The minimum absolute atomic E-state index is 0.115. The van der Waals surface area contributed by atoms with Gasteiger partial charge in [-0.3, -0.25) is 4.79 Å². The highest BCUT2D eigenvalue weighted by atomic mass is 32.2. The van der Waals surface area contributed by atoms with Gasteiger partial charge >= 0.3 is 6.18 Å². The lowest BCUT2D eigenvalue weighted by Crippen LogP contribution is -2.27. The number of aromatic nitrogens is 2. The van der Waals surface area contributed by atoms with Gasteiger partial charge in [-0.25, -0.2) is 13.4 Å². The van der Waals surface area contributed by atoms with Gasteiger partial charge in [0, 0.05) is 31.4 Å². The zero-order valence-corrected chi connectivity index (χ0v) is 24.6. The zero-order valence-electron chi connectivity index (χ0n) is 23.8. The molecule has 1 saturated carbocycles. The lowest BCUT2D eigenvalue weighted by Gasteiger charge is -2.23. The molecule has 1 aliphatic heterocycles. The van der Waals surface area contributed by atoms with Gasteiger partial charge in [-0.15, -0.1) is 0 Å². The number of methoxy groups -OCH3 is 1. The summed E-state index contributed by atoms with van der Waals surface area (Å²) >= 11 is 0. The molecule has 0 atom stereocenters. The van der Waals surface area contributed by atoms with Gasteiger partial charge in [0.2, 0.25) is 5.95 Å². The van der Waals surface area contributed by atoms with Gasteiger partial charge in [-0.05, 0) is 55.5 Å². The Balaban J connectivity index is 1.39. The van der Waals surface area contributed by atoms with Gasteiger partial charge < -0.3 is 20.3 Å². The highest BCUT2D eigenvalue weighted by molar-refractivity contribution is 7.92. The number of amides is 1. The SMILES string of the molecule is COc1cc(C(=O)N2CCCC2)ccc1Nc1ncc(C(F)(F)F)c(NCc2ccccc2S(=O)(=O)C2CCCCC2)n1. The molecule has 2 aliphatic rings. The number of nitrogens with zero attached hydrogens (tertiary/aromatic N) is 3. The predicted octanol–water partition coefficient (Wildman–Crippen LogP) is 6.20. The molecular weight excluding hydrogens is 583 g/mol. The summed E-state index contributed by atoms with van der Waals surface area (Å²) in [6.07, 6.45) is 1.60. The van der Waals surface area contributed by atoms with Crippen molar-refractivity contribution >= 4 is 33.2 Å². The summed E-state index contributed by atoms with van der Waals surface area (Å²) in [7, 11) is -2.24. The number of rotatable bonds is 9. The summed E-state index contributed by atoms with van der Waals surface area (Å²) in [5, 5.41) is 5.08. The summed E-state index contributed by atoms with van der Waals surface area (Å²) < 4.78 is 74.0. The molecule has 2 aromatic carbocycles. The van der Waals surface area contributed by atoms with Crippen LogP contribution in [0.15, 0.2) is 53.6 Å². The minimum Gasteiger partial charge on any atom is -0.495 e. The van der Waals surface area contributed by atoms with Crippen molar-refractivity contribution in [3.8, 4) is 5.75 Å². The van der Waals surface area contributed by atoms with Crippen molar-refractivity contribution in [3.63, 3.8) is 0 Å². The molecule has 2 N–H and O–H groups in total. The van der Waals surface area contributed by atoms with Crippen LogP contribution in [0.2, 0.25) is 0 Å². The van der Waals surface area contributed by atoms with Crippen LogP contribution < -0.4 is 15.4 Å². The molecule has 0 unspecified atom stereocenters. The summed E-state index contributed by atoms with van der Waals surface area (Å²) in [6, 6.07) is 11.1. The largest absolute Gasteiger partial charge is 0.495 e. The van der Waals surface area contributed by atoms with Crippen LogP contribution in [0.4, 0.5) is 30.6 Å². The number of anilines is 3. The number of hydrogen-bond acceptors (Lipinski definition) is 8. The third kappa shape index (κ3) is 6.87. The maximum atomic E-state index is 13.9. The zero-order chi connectivity index (χ0) is 30.6. The molecular formula is C30H34F3N5O4S. The number of benzene rings is 2. The van der Waals surface area contributed by atoms with E-state index in [2.05, 4.69) is 20.6 Å². The first-order chi connectivity index (χ1) is 20.6. The summed E-state index contributed by atoms with van der Waals surface area (Å²) in [5.74, 6) is -0.472. The molecule has 9 nitrogen and oxygen atoms in total. The normalized spacial score (nSPS) is 16.2. The number of alkyl halides is 3. The number of sulfone groups is 1. The van der Waals surface area contributed by atoms with Crippen LogP contribution in [0.25, 0.3) is 0 Å². The number of carbonyl (C=O) groups excluding carboxylic acids is 1. The molecule has 13 heteroatoms. The standard InChI is InChI=1S/C30H34F3N5O4S/c1-42-25-17-20(28(39)38-15-7-8-16-38)13-14-24(25)36-29-35-19-23(30(31,32)33)27(37-29)34-18-21-9-5-6-12-26(21)43(40,41)22-10-3-2-4-11-22/h5-6,9,12-14,17,19,22H,2-4,7-8,10-11,15-16,18H2,1H3,(H2,34,35,36,37). The van der Waals surface area contributed by atoms with Gasteiger partial charge in [0.25, 0.3) is 5.91 Å². The quantitative estimate of drug-likeness (QED) is 0.292. The number of hydrogen-bond donors (Lipinski definition) is 2. The second kappa shape index (κ2) is 12.8. The number of halogens is 3. The highest BCUT2D eigenvalue weighted by Gasteiger charge is 2.36. The van der Waals surface area contributed by atoms with Gasteiger partial charge in [0.05, 0.1) is 22.9 Å². The molecule has 0 bridgehead atoms. The smallest absolute Gasteiger partial charge is 0.421 e. The molecule has 1 saturated heterocycles. The first-order valence-corrected chi connectivity index (χ1v) is 15.9. The van der Waals surface area contributed by atoms with Crippen LogP contribution in [0.5, 0.6) is 5.75 Å². The predicted molar refractivity (Wildman–Crippen MR) is 156 cm³/mol. The van der Waals surface area contributed by atoms with Crippen LogP contribution in [0.3, 0.4) is 0 Å². The number of carbonyl (C=O) groups is 1. The molecule has 0 spiro atoms. The lowest BCUT2D eigenvalue weighted by molar-refractivity contribution is -0.137. The third-order valence-electron chi connectivity index (χ3n) is 7.90. The lowest BCUT2D eigenvalue weighted by atomic mass is 10.0. The van der Waals surface area contributed by atoms with E-state index in [-0.39, 0.29) is 23.3 Å². The Morgan fingerprint density at radius 2 is 1.77 bits per heavy atom. The molecule has 5 rings (SSSR count). The molecule has 1 aliphatic carbocycles. The average molecular weight is 618 g/mol. The van der Waals surface area contributed by atoms with Gasteiger partial charge in [0.15, 0.2) is 9.84 Å². The van der Waals surface area contributed by atoms with Crippen LogP contribution in [0, 0.1) is 0 Å². The summed E-state index contributed by atoms with van der Waals surface area (Å²) in [5.41, 5.74) is 0.0513. The monoisotopic (exact) mass is 617 g/mol. The highest BCUT2D eigenvalue weighted by Crippen LogP contribution is 2.36. The Hall–Kier alpha value is -3.87. The first-order valence-electron chi connectivity index (χ1n) is 14.3. The summed E-state index contributed by atoms with van der Waals surface area (Å²) in [4.78, 5) is 22.6. The number of ether oxygens (including phenoxy) is 1. The van der Waals surface area contributed by atoms with E-state index in [1.54, 1.807) is 41.3 Å². The fourth-order valence-electron chi connectivity index (χ4n) is 5.60. The van der Waals surface area contributed by atoms with E-state index in [0.29, 0.717) is 54.7 Å². The Morgan fingerprint density at radius 3 is 2.47 bits per heavy atom. The molecule has 230 valence electrons. The molecule has 1 aromatic heterocycles. The fraction of sp³-hybridized carbons (Fsp3) is 0.433. The Kier molecular flexibility index (Phi) is 9.09. The molecule has 2 fully saturated rings. The third-order valence-corrected chi connectivity index (χ3v) is 10.3. The van der Waals surface area contributed by atoms with Crippen LogP contribution >= 0.6 is 0 Å². The molecule has 3 aromatic rings. The van der Waals surface area contributed by atoms with E-state index in [1.165, 1.54) is 13.2 Å². The van der Waals surface area contributed by atoms with Gasteiger partial charge in [0.1, 0.15) is 17.1 Å². The second-order valence-corrected chi connectivity index (χ2v) is 13.0. The van der Waals surface area contributed by atoms with E-state index >= 15 is 0 Å². The van der Waals surface area contributed by atoms with E-state index in [1.807, 2.05) is 0 Å². The van der Waals surface area contributed by atoms with Crippen molar-refractivity contribution in [1.82, 2.24) is 14.9 Å². The van der Waals surface area contributed by atoms with Crippen molar-refractivity contribution in [1.29, 1.82) is 0 Å². The Morgan fingerprint density at radius 1 is 1.05 bits per heavy atom. The van der Waals surface area contributed by atoms with Crippen LogP contribution in [-0.2, 0) is 22.6 Å². The number of likely N-dealkylation sites (tertiary alicyclic amines) is 1. The second-order valence-electron chi connectivity index (χ2n) is 10.8. The summed E-state index contributed by atoms with van der Waals surface area (Å²) in [6.45, 7) is 1.18. The molecule has 1 amide bonds. The van der Waals surface area contributed by atoms with E-state index in [4.69, 9.17) is 4.74 Å². The fourth-order valence-corrected chi connectivity index (χ4v) is 7.68. The molecule has 0 radical (unpaired) electrons. The van der Waals surface area contributed by atoms with E-state index in [9.17, 15) is 26.4 Å². The van der Waals surface area contributed by atoms with Crippen molar-refractivity contribution < 1.29 is 31.1 Å². The average Bonchev–Trinajstić information content (AvgIpc) is 3.55. The van der Waals surface area contributed by atoms with E-state index < -0.39 is 32.6 Å². The van der Waals surface area contributed by atoms with Crippen molar-refractivity contribution in [2.24, 2.45) is 0 Å². The number of nitrogens with one attached hydrogen (secondary N) is 2. The Labute approximate surface area is 248 Å². The maximum Gasteiger partial charge on any atom is 0.421 e. The van der Waals surface area contributed by atoms with Gasteiger partial charge in [-0.1, -0.05) is 37.5 Å². The maximum absolute atomic E-state index is 13.9. The van der Waals surface area contributed by atoms with Crippen molar-refractivity contribution in [2.75, 3.05) is 30.8 Å². The van der Waals surface area contributed by atoms with Crippen LogP contribution in [-0.4, -0.2) is 54.6 Å². The van der Waals surface area contributed by atoms with Gasteiger partial charge in [-0.2, -0.15) is 18.2 Å². The van der Waals surface area contributed by atoms with Crippen molar-refractivity contribution in [3.05, 3.63) is 65.4 Å².